The van der Waals surface area contributed by atoms with Crippen LogP contribution in [0.2, 0.25) is 0 Å². The molecule has 0 amide bonds. The van der Waals surface area contributed by atoms with Gasteiger partial charge in [-0.2, -0.15) is 12.6 Å². The van der Waals surface area contributed by atoms with E-state index in [2.05, 4.69) is 24.8 Å². The second kappa shape index (κ2) is 8.99. The Morgan fingerprint density at radius 2 is 1.84 bits per heavy atom. The van der Waals surface area contributed by atoms with Gasteiger partial charge in [0.25, 0.3) is 0 Å². The van der Waals surface area contributed by atoms with Gasteiger partial charge in [-0.3, -0.25) is 4.79 Å². The van der Waals surface area contributed by atoms with Crippen molar-refractivity contribution < 1.29 is 15.0 Å². The summed E-state index contributed by atoms with van der Waals surface area (Å²) < 4.78 is 0. The van der Waals surface area contributed by atoms with Crippen LogP contribution >= 0.6 is 12.6 Å². The van der Waals surface area contributed by atoms with E-state index in [0.29, 0.717) is 6.42 Å². The van der Waals surface area contributed by atoms with Crippen LogP contribution in [0.3, 0.4) is 0 Å². The van der Waals surface area contributed by atoms with Crippen LogP contribution in [0.5, 0.6) is 0 Å². The number of hydrogen-bond donors (Lipinski definition) is 3. The number of carboxylic acids is 1. The van der Waals surface area contributed by atoms with Crippen molar-refractivity contribution in [3.05, 3.63) is 35.9 Å². The van der Waals surface area contributed by atoms with Crippen LogP contribution in [0.1, 0.15) is 31.2 Å². The van der Waals surface area contributed by atoms with Crippen LogP contribution in [0, 0.1) is 5.92 Å². The van der Waals surface area contributed by atoms with Gasteiger partial charge in [0.2, 0.25) is 0 Å². The number of aliphatic hydroxyl groups excluding tert-OH is 1. The highest BCUT2D eigenvalue weighted by Crippen LogP contribution is 2.19. The van der Waals surface area contributed by atoms with E-state index >= 15 is 0 Å². The van der Waals surface area contributed by atoms with E-state index in [1.807, 2.05) is 18.2 Å². The summed E-state index contributed by atoms with van der Waals surface area (Å²) in [6.07, 6.45) is 3.29. The maximum atomic E-state index is 10.5. The van der Waals surface area contributed by atoms with Gasteiger partial charge in [-0.25, -0.2) is 0 Å². The van der Waals surface area contributed by atoms with E-state index in [-0.39, 0.29) is 24.2 Å². The Labute approximate surface area is 120 Å². The molecule has 0 bridgehead atoms. The number of rotatable bonds is 9. The molecule has 2 atom stereocenters. The normalized spacial score (nSPS) is 14.0. The van der Waals surface area contributed by atoms with Gasteiger partial charge in [0.05, 0.1) is 0 Å². The Balaban J connectivity index is 2.27. The van der Waals surface area contributed by atoms with Gasteiger partial charge in [0, 0.05) is 18.3 Å². The van der Waals surface area contributed by atoms with Crippen LogP contribution in [0.15, 0.2) is 30.3 Å². The molecule has 1 aromatic carbocycles. The summed E-state index contributed by atoms with van der Waals surface area (Å²) in [5.74, 6) is -0.730. The molecule has 0 spiro atoms. The number of benzene rings is 1. The highest BCUT2D eigenvalue weighted by Gasteiger charge is 2.12. The molecular weight excluding hydrogens is 260 g/mol. The third-order valence-corrected chi connectivity index (χ3v) is 3.69. The molecule has 0 heterocycles. The minimum Gasteiger partial charge on any atom is -0.481 e. The predicted molar refractivity (Wildman–Crippen MR) is 79.6 cm³/mol. The Morgan fingerprint density at radius 3 is 2.42 bits per heavy atom. The van der Waals surface area contributed by atoms with Gasteiger partial charge in [-0.05, 0) is 37.2 Å². The molecule has 19 heavy (non-hydrogen) atoms. The Bertz CT molecular complexity index is 367. The average molecular weight is 282 g/mol. The predicted octanol–water partition coefficient (Wildman–Crippen LogP) is 2.78. The summed E-state index contributed by atoms with van der Waals surface area (Å²) in [6, 6.07) is 10.2. The Hall–Kier alpha value is -1.00. The van der Waals surface area contributed by atoms with Crippen molar-refractivity contribution >= 4 is 18.6 Å². The lowest BCUT2D eigenvalue weighted by Crippen LogP contribution is -2.12. The maximum absolute atomic E-state index is 10.5. The molecule has 2 N–H and O–H groups in total. The fraction of sp³-hybridized carbons (Fsp3) is 0.533. The summed E-state index contributed by atoms with van der Waals surface area (Å²) in [6.45, 7) is 0.0547. The second-order valence-corrected chi connectivity index (χ2v) is 5.63. The highest BCUT2D eigenvalue weighted by atomic mass is 32.1. The number of aliphatic carboxylic acids is 1. The SMILES string of the molecule is O=C(O)CCC(CO)CCC(S)Cc1ccccc1. The molecule has 1 rings (SSSR count). The van der Waals surface area contributed by atoms with Crippen molar-refractivity contribution in [1.82, 2.24) is 0 Å². The molecule has 0 saturated heterocycles. The fourth-order valence-electron chi connectivity index (χ4n) is 2.07. The van der Waals surface area contributed by atoms with Crippen LogP contribution in [-0.4, -0.2) is 28.0 Å². The highest BCUT2D eigenvalue weighted by molar-refractivity contribution is 7.80. The van der Waals surface area contributed by atoms with E-state index in [0.717, 1.165) is 19.3 Å². The number of hydrogen-bond acceptors (Lipinski definition) is 3. The topological polar surface area (TPSA) is 57.5 Å². The standard InChI is InChI=1S/C15H22O3S/c16-11-13(7-9-15(17)18)6-8-14(19)10-12-4-2-1-3-5-12/h1-5,13-14,16,19H,6-11H2,(H,17,18). The molecule has 0 aliphatic rings. The van der Waals surface area contributed by atoms with E-state index in [4.69, 9.17) is 5.11 Å². The van der Waals surface area contributed by atoms with E-state index in [9.17, 15) is 9.90 Å². The van der Waals surface area contributed by atoms with Crippen molar-refractivity contribution in [2.75, 3.05) is 6.61 Å². The van der Waals surface area contributed by atoms with E-state index < -0.39 is 5.97 Å². The molecule has 106 valence electrons. The zero-order valence-electron chi connectivity index (χ0n) is 11.0. The molecular formula is C15H22O3S. The van der Waals surface area contributed by atoms with Gasteiger partial charge >= 0.3 is 5.97 Å². The molecule has 0 aromatic heterocycles. The molecule has 1 aromatic rings. The first-order chi connectivity index (χ1) is 9.11. The lowest BCUT2D eigenvalue weighted by Gasteiger charge is -2.16. The molecule has 2 unspecified atom stereocenters. The van der Waals surface area contributed by atoms with Crippen molar-refractivity contribution in [1.29, 1.82) is 0 Å². The zero-order chi connectivity index (χ0) is 14.1. The Morgan fingerprint density at radius 1 is 1.16 bits per heavy atom. The molecule has 0 aliphatic carbocycles. The van der Waals surface area contributed by atoms with Crippen molar-refractivity contribution in [2.24, 2.45) is 5.92 Å². The quantitative estimate of drug-likeness (QED) is 0.610. The van der Waals surface area contributed by atoms with Crippen molar-refractivity contribution in [2.45, 2.75) is 37.4 Å². The van der Waals surface area contributed by atoms with E-state index in [1.54, 1.807) is 0 Å². The summed E-state index contributed by atoms with van der Waals surface area (Å²) in [5.41, 5.74) is 1.26. The van der Waals surface area contributed by atoms with Crippen LogP contribution in [0.25, 0.3) is 0 Å². The lowest BCUT2D eigenvalue weighted by atomic mass is 9.96. The number of carboxylic acid groups (broad SMARTS) is 1. The molecule has 0 aliphatic heterocycles. The molecule has 0 radical (unpaired) electrons. The molecule has 4 heteroatoms. The number of thiol groups is 1. The zero-order valence-corrected chi connectivity index (χ0v) is 11.9. The largest absolute Gasteiger partial charge is 0.481 e. The molecule has 0 fully saturated rings. The Kier molecular flexibility index (Phi) is 7.60. The van der Waals surface area contributed by atoms with Gasteiger partial charge in [0.15, 0.2) is 0 Å². The van der Waals surface area contributed by atoms with Gasteiger partial charge in [-0.15, -0.1) is 0 Å². The van der Waals surface area contributed by atoms with E-state index in [1.165, 1.54) is 5.56 Å². The molecule has 0 saturated carbocycles. The number of aliphatic hydroxyl groups is 1. The average Bonchev–Trinajstić information content (AvgIpc) is 2.39. The van der Waals surface area contributed by atoms with Crippen LogP contribution < -0.4 is 0 Å². The maximum Gasteiger partial charge on any atom is 0.303 e. The van der Waals surface area contributed by atoms with Gasteiger partial charge in [0.1, 0.15) is 0 Å². The summed E-state index contributed by atoms with van der Waals surface area (Å²) >= 11 is 4.57. The number of carbonyl (C=O) groups is 1. The summed E-state index contributed by atoms with van der Waals surface area (Å²) in [7, 11) is 0. The summed E-state index contributed by atoms with van der Waals surface area (Å²) in [4.78, 5) is 10.5. The first-order valence-electron chi connectivity index (χ1n) is 6.66. The third-order valence-electron chi connectivity index (χ3n) is 3.25. The van der Waals surface area contributed by atoms with Crippen molar-refractivity contribution in [3.63, 3.8) is 0 Å². The third kappa shape index (κ3) is 7.23. The first kappa shape index (κ1) is 16.1. The minimum absolute atomic E-state index is 0.0547. The minimum atomic E-state index is -0.801. The fourth-order valence-corrected chi connectivity index (χ4v) is 2.43. The molecule has 3 nitrogen and oxygen atoms in total. The second-order valence-electron chi connectivity index (χ2n) is 4.90. The summed E-state index contributed by atoms with van der Waals surface area (Å²) in [5, 5.41) is 18.1. The van der Waals surface area contributed by atoms with Gasteiger partial charge < -0.3 is 10.2 Å². The van der Waals surface area contributed by atoms with Crippen molar-refractivity contribution in [3.8, 4) is 0 Å². The van der Waals surface area contributed by atoms with Crippen LogP contribution in [-0.2, 0) is 11.2 Å². The van der Waals surface area contributed by atoms with Crippen LogP contribution in [0.4, 0.5) is 0 Å². The monoisotopic (exact) mass is 282 g/mol. The van der Waals surface area contributed by atoms with Gasteiger partial charge in [-0.1, -0.05) is 30.3 Å². The first-order valence-corrected chi connectivity index (χ1v) is 7.18. The lowest BCUT2D eigenvalue weighted by molar-refractivity contribution is -0.137. The smallest absolute Gasteiger partial charge is 0.303 e.